The standard InChI is InChI=1S/C14H18N2O/c1-10-7-14(17,8-10)9-13-15-11-5-3-4-6-12(11)16(13)2/h3-6,10,17H,7-9H2,1-2H3. The van der Waals surface area contributed by atoms with E-state index in [1.165, 1.54) is 0 Å². The minimum Gasteiger partial charge on any atom is -0.389 e. The van der Waals surface area contributed by atoms with E-state index in [0.717, 1.165) is 29.7 Å². The van der Waals surface area contributed by atoms with Gasteiger partial charge in [-0.2, -0.15) is 0 Å². The molecule has 90 valence electrons. The van der Waals surface area contributed by atoms with Crippen LogP contribution in [-0.4, -0.2) is 20.3 Å². The average Bonchev–Trinajstić information content (AvgIpc) is 2.55. The Hall–Kier alpha value is -1.35. The van der Waals surface area contributed by atoms with Gasteiger partial charge in [-0.25, -0.2) is 4.98 Å². The summed E-state index contributed by atoms with van der Waals surface area (Å²) >= 11 is 0. The lowest BCUT2D eigenvalue weighted by atomic mass is 9.70. The monoisotopic (exact) mass is 230 g/mol. The van der Waals surface area contributed by atoms with Crippen LogP contribution in [0.15, 0.2) is 24.3 Å². The molecule has 1 N–H and O–H groups in total. The molecular weight excluding hydrogens is 212 g/mol. The van der Waals surface area contributed by atoms with E-state index in [2.05, 4.69) is 22.5 Å². The van der Waals surface area contributed by atoms with Crippen LogP contribution in [0.3, 0.4) is 0 Å². The molecule has 0 aliphatic heterocycles. The highest BCUT2D eigenvalue weighted by atomic mass is 16.3. The van der Waals surface area contributed by atoms with Crippen LogP contribution in [0, 0.1) is 5.92 Å². The molecule has 1 aliphatic carbocycles. The van der Waals surface area contributed by atoms with Crippen LogP contribution in [0.4, 0.5) is 0 Å². The lowest BCUT2D eigenvalue weighted by molar-refractivity contribution is -0.0682. The Kier molecular flexibility index (Phi) is 2.26. The quantitative estimate of drug-likeness (QED) is 0.859. The third-order valence-electron chi connectivity index (χ3n) is 3.82. The summed E-state index contributed by atoms with van der Waals surface area (Å²) in [5, 5.41) is 10.3. The van der Waals surface area contributed by atoms with E-state index in [0.29, 0.717) is 12.3 Å². The lowest BCUT2D eigenvalue weighted by Crippen LogP contribution is -2.45. The normalized spacial score (nSPS) is 28.3. The Morgan fingerprint density at radius 1 is 1.41 bits per heavy atom. The Morgan fingerprint density at radius 3 is 2.76 bits per heavy atom. The van der Waals surface area contributed by atoms with Crippen LogP contribution in [0.1, 0.15) is 25.6 Å². The third-order valence-corrected chi connectivity index (χ3v) is 3.82. The first-order valence-corrected chi connectivity index (χ1v) is 6.20. The molecular formula is C14H18N2O. The van der Waals surface area contributed by atoms with Gasteiger partial charge in [0.25, 0.3) is 0 Å². The molecule has 3 rings (SSSR count). The number of aliphatic hydroxyl groups is 1. The fraction of sp³-hybridized carbons (Fsp3) is 0.500. The molecule has 1 fully saturated rings. The molecule has 1 aromatic heterocycles. The van der Waals surface area contributed by atoms with Gasteiger partial charge >= 0.3 is 0 Å². The van der Waals surface area contributed by atoms with Crippen molar-refractivity contribution in [3.8, 4) is 0 Å². The maximum atomic E-state index is 10.3. The van der Waals surface area contributed by atoms with E-state index in [9.17, 15) is 5.11 Å². The Bertz CT molecular complexity index is 552. The highest BCUT2D eigenvalue weighted by Gasteiger charge is 2.41. The van der Waals surface area contributed by atoms with Gasteiger partial charge in [0, 0.05) is 13.5 Å². The summed E-state index contributed by atoms with van der Waals surface area (Å²) in [6.45, 7) is 2.18. The van der Waals surface area contributed by atoms with Crippen LogP contribution in [0.5, 0.6) is 0 Å². The minimum atomic E-state index is -0.519. The van der Waals surface area contributed by atoms with Crippen LogP contribution in [-0.2, 0) is 13.5 Å². The van der Waals surface area contributed by atoms with Crippen molar-refractivity contribution in [3.05, 3.63) is 30.1 Å². The van der Waals surface area contributed by atoms with Crippen molar-refractivity contribution in [2.24, 2.45) is 13.0 Å². The smallest absolute Gasteiger partial charge is 0.112 e. The number of rotatable bonds is 2. The molecule has 3 heteroatoms. The second kappa shape index (κ2) is 3.57. The van der Waals surface area contributed by atoms with E-state index in [1.807, 2.05) is 25.2 Å². The summed E-state index contributed by atoms with van der Waals surface area (Å²) in [4.78, 5) is 4.61. The van der Waals surface area contributed by atoms with Gasteiger partial charge in [-0.3, -0.25) is 0 Å². The molecule has 0 bridgehead atoms. The number of benzene rings is 1. The van der Waals surface area contributed by atoms with E-state index < -0.39 is 5.60 Å². The van der Waals surface area contributed by atoms with Crippen molar-refractivity contribution < 1.29 is 5.11 Å². The molecule has 1 aliphatic rings. The van der Waals surface area contributed by atoms with Gasteiger partial charge in [-0.05, 0) is 30.9 Å². The van der Waals surface area contributed by atoms with Gasteiger partial charge in [0.2, 0.25) is 0 Å². The van der Waals surface area contributed by atoms with E-state index in [-0.39, 0.29) is 0 Å². The van der Waals surface area contributed by atoms with Gasteiger partial charge in [-0.1, -0.05) is 19.1 Å². The van der Waals surface area contributed by atoms with Crippen molar-refractivity contribution >= 4 is 11.0 Å². The number of hydrogen-bond acceptors (Lipinski definition) is 2. The summed E-state index contributed by atoms with van der Waals surface area (Å²) in [7, 11) is 2.02. The average molecular weight is 230 g/mol. The molecule has 0 spiro atoms. The molecule has 0 atom stereocenters. The van der Waals surface area contributed by atoms with Crippen molar-refractivity contribution in [1.29, 1.82) is 0 Å². The van der Waals surface area contributed by atoms with Crippen LogP contribution >= 0.6 is 0 Å². The molecule has 2 aromatic rings. The Balaban J connectivity index is 1.93. The lowest BCUT2D eigenvalue weighted by Gasteiger charge is -2.41. The second-order valence-corrected chi connectivity index (χ2v) is 5.49. The Labute approximate surface area is 101 Å². The predicted molar refractivity (Wildman–Crippen MR) is 67.8 cm³/mol. The van der Waals surface area contributed by atoms with Crippen molar-refractivity contribution in [2.75, 3.05) is 0 Å². The Morgan fingerprint density at radius 2 is 2.12 bits per heavy atom. The molecule has 0 unspecified atom stereocenters. The molecule has 0 saturated heterocycles. The SMILES string of the molecule is CC1CC(O)(Cc2nc3ccccc3n2C)C1. The maximum absolute atomic E-state index is 10.3. The first-order chi connectivity index (χ1) is 8.07. The van der Waals surface area contributed by atoms with Crippen molar-refractivity contribution in [3.63, 3.8) is 0 Å². The highest BCUT2D eigenvalue weighted by Crippen LogP contribution is 2.39. The number of para-hydroxylation sites is 2. The van der Waals surface area contributed by atoms with Crippen LogP contribution in [0.2, 0.25) is 0 Å². The molecule has 1 aromatic carbocycles. The second-order valence-electron chi connectivity index (χ2n) is 5.49. The fourth-order valence-corrected chi connectivity index (χ4v) is 3.03. The molecule has 1 heterocycles. The number of aromatic nitrogens is 2. The van der Waals surface area contributed by atoms with Gasteiger partial charge in [0.1, 0.15) is 5.82 Å². The number of nitrogens with zero attached hydrogens (tertiary/aromatic N) is 2. The summed E-state index contributed by atoms with van der Waals surface area (Å²) in [5.41, 5.74) is 1.63. The van der Waals surface area contributed by atoms with Gasteiger partial charge in [0.15, 0.2) is 0 Å². The number of aryl methyl sites for hydroxylation is 1. The van der Waals surface area contributed by atoms with Gasteiger partial charge < -0.3 is 9.67 Å². The zero-order valence-corrected chi connectivity index (χ0v) is 10.3. The van der Waals surface area contributed by atoms with E-state index in [1.54, 1.807) is 0 Å². The summed E-state index contributed by atoms with van der Waals surface area (Å²) in [5.74, 6) is 1.63. The van der Waals surface area contributed by atoms with Crippen LogP contribution in [0.25, 0.3) is 11.0 Å². The number of fused-ring (bicyclic) bond motifs is 1. The first kappa shape index (κ1) is 10.8. The fourth-order valence-electron chi connectivity index (χ4n) is 3.03. The maximum Gasteiger partial charge on any atom is 0.112 e. The number of imidazole rings is 1. The molecule has 3 nitrogen and oxygen atoms in total. The summed E-state index contributed by atoms with van der Waals surface area (Å²) in [6.07, 6.45) is 2.47. The molecule has 17 heavy (non-hydrogen) atoms. The summed E-state index contributed by atoms with van der Waals surface area (Å²) in [6, 6.07) is 8.11. The van der Waals surface area contributed by atoms with Gasteiger partial charge in [-0.15, -0.1) is 0 Å². The molecule has 0 radical (unpaired) electrons. The number of hydrogen-bond donors (Lipinski definition) is 1. The van der Waals surface area contributed by atoms with Crippen molar-refractivity contribution in [2.45, 2.75) is 31.8 Å². The zero-order valence-electron chi connectivity index (χ0n) is 10.3. The molecule has 0 amide bonds. The van der Waals surface area contributed by atoms with Gasteiger partial charge in [0.05, 0.1) is 16.6 Å². The zero-order chi connectivity index (χ0) is 12.0. The minimum absolute atomic E-state index is 0.519. The van der Waals surface area contributed by atoms with Crippen molar-refractivity contribution in [1.82, 2.24) is 9.55 Å². The topological polar surface area (TPSA) is 38.1 Å². The van der Waals surface area contributed by atoms with E-state index in [4.69, 9.17) is 0 Å². The van der Waals surface area contributed by atoms with Crippen LogP contribution < -0.4 is 0 Å². The molecule has 1 saturated carbocycles. The largest absolute Gasteiger partial charge is 0.389 e. The third kappa shape index (κ3) is 1.75. The first-order valence-electron chi connectivity index (χ1n) is 6.20. The highest BCUT2D eigenvalue weighted by molar-refractivity contribution is 5.75. The summed E-state index contributed by atoms with van der Waals surface area (Å²) < 4.78 is 2.09. The van der Waals surface area contributed by atoms with E-state index >= 15 is 0 Å². The predicted octanol–water partition coefficient (Wildman–Crippen LogP) is 2.28.